The lowest BCUT2D eigenvalue weighted by Crippen LogP contribution is -2.20. The van der Waals surface area contributed by atoms with Gasteiger partial charge in [-0.15, -0.1) is 11.3 Å². The van der Waals surface area contributed by atoms with Crippen LogP contribution in [0, 0.1) is 27.7 Å². The van der Waals surface area contributed by atoms with Gasteiger partial charge in [0.05, 0.1) is 17.6 Å². The highest BCUT2D eigenvalue weighted by molar-refractivity contribution is 7.18. The average Bonchev–Trinajstić information content (AvgIpc) is 3.35. The van der Waals surface area contributed by atoms with Crippen molar-refractivity contribution in [1.82, 2.24) is 20.0 Å². The first kappa shape index (κ1) is 19.3. The molecule has 0 saturated carbocycles. The lowest BCUT2D eigenvalue weighted by molar-refractivity contribution is 0.323. The van der Waals surface area contributed by atoms with Crippen LogP contribution in [-0.2, 0) is 13.0 Å². The normalized spacial score (nSPS) is 15.0. The first-order chi connectivity index (χ1) is 13.5. The molecule has 1 aliphatic heterocycles. The Kier molecular flexibility index (Phi) is 5.64. The smallest absolute Gasteiger partial charge is 0.146 e. The summed E-state index contributed by atoms with van der Waals surface area (Å²) in [5.74, 6) is 2.85. The predicted molar refractivity (Wildman–Crippen MR) is 114 cm³/mol. The number of hydrogen-bond acceptors (Lipinski definition) is 7. The van der Waals surface area contributed by atoms with Gasteiger partial charge in [-0.25, -0.2) is 9.97 Å². The zero-order valence-corrected chi connectivity index (χ0v) is 18.1. The molecule has 0 bridgehead atoms. The highest BCUT2D eigenvalue weighted by atomic mass is 32.1. The van der Waals surface area contributed by atoms with Crippen LogP contribution in [0.3, 0.4) is 0 Å². The maximum Gasteiger partial charge on any atom is 0.146 e. The van der Waals surface area contributed by atoms with Crippen molar-refractivity contribution in [3.05, 3.63) is 33.3 Å². The Morgan fingerprint density at radius 1 is 1.11 bits per heavy atom. The quantitative estimate of drug-likeness (QED) is 0.588. The second-order valence-corrected chi connectivity index (χ2v) is 8.97. The lowest BCUT2D eigenvalue weighted by atomic mass is 10.1. The number of fused-ring (bicyclic) bond motifs is 1. The Hall–Kier alpha value is -1.99. The summed E-state index contributed by atoms with van der Waals surface area (Å²) < 4.78 is 5.27. The molecule has 0 spiro atoms. The molecule has 150 valence electrons. The molecule has 0 atom stereocenters. The summed E-state index contributed by atoms with van der Waals surface area (Å²) in [5, 5.41) is 8.83. The van der Waals surface area contributed by atoms with E-state index in [1.807, 2.05) is 13.8 Å². The molecule has 6 nitrogen and oxygen atoms in total. The molecule has 1 saturated heterocycles. The van der Waals surface area contributed by atoms with Crippen LogP contribution in [0.1, 0.15) is 52.5 Å². The van der Waals surface area contributed by atoms with Crippen LogP contribution in [0.4, 0.5) is 5.82 Å². The Balaban J connectivity index is 1.50. The van der Waals surface area contributed by atoms with Crippen LogP contribution in [0.15, 0.2) is 4.52 Å². The van der Waals surface area contributed by atoms with Crippen molar-refractivity contribution < 1.29 is 4.52 Å². The third-order valence-electron chi connectivity index (χ3n) is 5.72. The van der Waals surface area contributed by atoms with Crippen LogP contribution in [-0.4, -0.2) is 39.7 Å². The van der Waals surface area contributed by atoms with Gasteiger partial charge in [0.15, 0.2) is 0 Å². The van der Waals surface area contributed by atoms with Gasteiger partial charge in [-0.1, -0.05) is 5.16 Å². The predicted octanol–water partition coefficient (Wildman–Crippen LogP) is 4.55. The lowest BCUT2D eigenvalue weighted by Gasteiger charge is -2.15. The van der Waals surface area contributed by atoms with Crippen LogP contribution in [0.25, 0.3) is 10.2 Å². The molecule has 1 N–H and O–H groups in total. The van der Waals surface area contributed by atoms with E-state index < -0.39 is 0 Å². The summed E-state index contributed by atoms with van der Waals surface area (Å²) in [7, 11) is 0. The van der Waals surface area contributed by atoms with E-state index in [4.69, 9.17) is 14.5 Å². The van der Waals surface area contributed by atoms with Crippen molar-refractivity contribution in [2.24, 2.45) is 0 Å². The van der Waals surface area contributed by atoms with E-state index in [1.165, 1.54) is 34.2 Å². The second kappa shape index (κ2) is 8.17. The van der Waals surface area contributed by atoms with E-state index in [-0.39, 0.29) is 0 Å². The standard InChI is InChI=1S/C21H29N5OS/c1-13-16(4)28-21-19(13)20(23-18(24-21)12-26-10-5-6-11-26)22-9-7-8-17-14(2)25-27-15(17)3/h5-12H2,1-4H3,(H,22,23,24). The van der Waals surface area contributed by atoms with Crippen LogP contribution in [0.5, 0.6) is 0 Å². The number of thiophene rings is 1. The highest BCUT2D eigenvalue weighted by Gasteiger charge is 2.18. The van der Waals surface area contributed by atoms with Gasteiger partial charge in [-0.2, -0.15) is 0 Å². The van der Waals surface area contributed by atoms with Crippen molar-refractivity contribution >= 4 is 27.4 Å². The van der Waals surface area contributed by atoms with Gasteiger partial charge in [0.25, 0.3) is 0 Å². The molecule has 0 aliphatic carbocycles. The Morgan fingerprint density at radius 2 is 1.89 bits per heavy atom. The SMILES string of the molecule is Cc1noc(C)c1CCCNc1nc(CN2CCCC2)nc2sc(C)c(C)c12. The number of aryl methyl sites for hydroxylation is 4. The molecule has 1 aliphatic rings. The largest absolute Gasteiger partial charge is 0.369 e. The molecule has 1 fully saturated rings. The minimum absolute atomic E-state index is 0.847. The number of hydrogen-bond donors (Lipinski definition) is 1. The third kappa shape index (κ3) is 3.91. The van der Waals surface area contributed by atoms with E-state index in [2.05, 4.69) is 29.2 Å². The minimum Gasteiger partial charge on any atom is -0.369 e. The zero-order valence-electron chi connectivity index (χ0n) is 17.3. The molecular formula is C21H29N5OS. The van der Waals surface area contributed by atoms with Crippen molar-refractivity contribution in [2.75, 3.05) is 25.0 Å². The van der Waals surface area contributed by atoms with Gasteiger partial charge >= 0.3 is 0 Å². The van der Waals surface area contributed by atoms with E-state index in [9.17, 15) is 0 Å². The first-order valence-electron chi connectivity index (χ1n) is 10.2. The molecule has 7 heteroatoms. The van der Waals surface area contributed by atoms with Crippen LogP contribution >= 0.6 is 11.3 Å². The number of aromatic nitrogens is 3. The molecule has 0 amide bonds. The zero-order chi connectivity index (χ0) is 19.7. The van der Waals surface area contributed by atoms with E-state index in [0.29, 0.717) is 0 Å². The fraction of sp³-hybridized carbons (Fsp3) is 0.571. The van der Waals surface area contributed by atoms with Crippen molar-refractivity contribution in [3.63, 3.8) is 0 Å². The molecule has 28 heavy (non-hydrogen) atoms. The van der Waals surface area contributed by atoms with Crippen LogP contribution < -0.4 is 5.32 Å². The van der Waals surface area contributed by atoms with E-state index in [0.717, 1.165) is 66.9 Å². The monoisotopic (exact) mass is 399 g/mol. The summed E-state index contributed by atoms with van der Waals surface area (Å²) in [5.41, 5.74) is 3.52. The summed E-state index contributed by atoms with van der Waals surface area (Å²) in [4.78, 5) is 14.7. The van der Waals surface area contributed by atoms with E-state index in [1.54, 1.807) is 11.3 Å². The van der Waals surface area contributed by atoms with Gasteiger partial charge < -0.3 is 9.84 Å². The Morgan fingerprint density at radius 3 is 2.61 bits per heavy atom. The minimum atomic E-state index is 0.847. The number of nitrogens with zero attached hydrogens (tertiary/aromatic N) is 4. The molecule has 4 heterocycles. The maximum absolute atomic E-state index is 5.27. The summed E-state index contributed by atoms with van der Waals surface area (Å²) in [6.45, 7) is 12.4. The second-order valence-electron chi connectivity index (χ2n) is 7.77. The van der Waals surface area contributed by atoms with Gasteiger partial charge in [-0.3, -0.25) is 4.90 Å². The Bertz CT molecular complexity index is 951. The molecule has 4 rings (SSSR count). The average molecular weight is 400 g/mol. The van der Waals surface area contributed by atoms with E-state index >= 15 is 0 Å². The number of likely N-dealkylation sites (tertiary alicyclic amines) is 1. The highest BCUT2D eigenvalue weighted by Crippen LogP contribution is 2.33. The van der Waals surface area contributed by atoms with Gasteiger partial charge in [-0.05, 0) is 72.0 Å². The summed E-state index contributed by atoms with van der Waals surface area (Å²) in [6.07, 6.45) is 4.54. The molecule has 3 aromatic rings. The number of nitrogens with one attached hydrogen (secondary N) is 1. The van der Waals surface area contributed by atoms with Gasteiger partial charge in [0.2, 0.25) is 0 Å². The molecule has 3 aromatic heterocycles. The molecule has 0 radical (unpaired) electrons. The van der Waals surface area contributed by atoms with Gasteiger partial charge in [0, 0.05) is 17.0 Å². The van der Waals surface area contributed by atoms with Crippen molar-refractivity contribution in [2.45, 2.75) is 59.9 Å². The van der Waals surface area contributed by atoms with Crippen LogP contribution in [0.2, 0.25) is 0 Å². The van der Waals surface area contributed by atoms with Crippen molar-refractivity contribution in [3.8, 4) is 0 Å². The maximum atomic E-state index is 5.27. The summed E-state index contributed by atoms with van der Waals surface area (Å²) >= 11 is 1.78. The number of anilines is 1. The number of rotatable bonds is 7. The fourth-order valence-electron chi connectivity index (χ4n) is 3.96. The first-order valence-corrected chi connectivity index (χ1v) is 11.0. The van der Waals surface area contributed by atoms with Crippen molar-refractivity contribution in [1.29, 1.82) is 0 Å². The molecule has 0 unspecified atom stereocenters. The third-order valence-corrected chi connectivity index (χ3v) is 6.82. The topological polar surface area (TPSA) is 67.1 Å². The summed E-state index contributed by atoms with van der Waals surface area (Å²) in [6, 6.07) is 0. The fourth-order valence-corrected chi connectivity index (χ4v) is 5.01. The molecule has 0 aromatic carbocycles. The molecular weight excluding hydrogens is 370 g/mol. The van der Waals surface area contributed by atoms with Gasteiger partial charge in [0.1, 0.15) is 22.2 Å². The Labute approximate surface area is 170 Å².